The van der Waals surface area contributed by atoms with Crippen LogP contribution in [0.15, 0.2) is 53.0 Å². The van der Waals surface area contributed by atoms with Crippen LogP contribution < -0.4 is 10.6 Å². The van der Waals surface area contributed by atoms with Crippen LogP contribution in [0.2, 0.25) is 0 Å². The number of carbonyl (C=O) groups excluding carboxylic acids is 2. The Morgan fingerprint density at radius 2 is 1.67 bits per heavy atom. The third-order valence-corrected chi connectivity index (χ3v) is 5.32. The highest BCUT2D eigenvalue weighted by Gasteiger charge is 2.12. The molecule has 2 aromatic carbocycles. The number of amides is 2. The first-order valence-corrected chi connectivity index (χ1v) is 10.0. The monoisotopic (exact) mass is 429 g/mol. The standard InChI is InChI=1S/C21H24BrN3O2/c22-18-6-2-3-7-19(18)24-20(26)14-23-21(27)17-10-8-16(9-11-17)15-25-12-4-1-5-13-25/h2-3,6-11H,1,4-5,12-15H2,(H,23,27)(H,24,26). The van der Waals surface area contributed by atoms with Crippen molar-refractivity contribution in [2.75, 3.05) is 25.0 Å². The first-order valence-electron chi connectivity index (χ1n) is 9.26. The lowest BCUT2D eigenvalue weighted by Crippen LogP contribution is -2.33. The average molecular weight is 430 g/mol. The highest BCUT2D eigenvalue weighted by Crippen LogP contribution is 2.20. The van der Waals surface area contributed by atoms with Gasteiger partial charge in [-0.25, -0.2) is 0 Å². The van der Waals surface area contributed by atoms with Crippen molar-refractivity contribution in [3.63, 3.8) is 0 Å². The number of nitrogens with zero attached hydrogens (tertiary/aromatic N) is 1. The van der Waals surface area contributed by atoms with E-state index in [0.29, 0.717) is 11.3 Å². The Labute approximate surface area is 168 Å². The van der Waals surface area contributed by atoms with Gasteiger partial charge in [-0.2, -0.15) is 0 Å². The number of carbonyl (C=O) groups is 2. The molecule has 1 saturated heterocycles. The zero-order chi connectivity index (χ0) is 19.1. The maximum atomic E-state index is 12.3. The largest absolute Gasteiger partial charge is 0.343 e. The van der Waals surface area contributed by atoms with Gasteiger partial charge in [-0.05, 0) is 71.7 Å². The summed E-state index contributed by atoms with van der Waals surface area (Å²) >= 11 is 3.38. The number of piperidine rings is 1. The van der Waals surface area contributed by atoms with E-state index in [0.717, 1.165) is 24.1 Å². The number of hydrogen-bond donors (Lipinski definition) is 2. The number of hydrogen-bond acceptors (Lipinski definition) is 3. The molecule has 0 saturated carbocycles. The predicted molar refractivity (Wildman–Crippen MR) is 111 cm³/mol. The molecule has 2 amide bonds. The van der Waals surface area contributed by atoms with Gasteiger partial charge in [-0.3, -0.25) is 14.5 Å². The van der Waals surface area contributed by atoms with E-state index in [1.165, 1.54) is 24.8 Å². The molecule has 3 rings (SSSR count). The molecule has 5 nitrogen and oxygen atoms in total. The molecule has 142 valence electrons. The Balaban J connectivity index is 1.47. The lowest BCUT2D eigenvalue weighted by molar-refractivity contribution is -0.115. The van der Waals surface area contributed by atoms with Crippen LogP contribution in [0, 0.1) is 0 Å². The smallest absolute Gasteiger partial charge is 0.251 e. The molecular weight excluding hydrogens is 406 g/mol. The van der Waals surface area contributed by atoms with Crippen LogP contribution in [0.1, 0.15) is 35.2 Å². The normalized spacial score (nSPS) is 14.6. The molecule has 0 spiro atoms. The van der Waals surface area contributed by atoms with Gasteiger partial charge < -0.3 is 10.6 Å². The predicted octanol–water partition coefficient (Wildman–Crippen LogP) is 3.80. The fourth-order valence-corrected chi connectivity index (χ4v) is 3.54. The molecule has 0 aliphatic carbocycles. The van der Waals surface area contributed by atoms with Crippen LogP contribution in [0.3, 0.4) is 0 Å². The molecule has 2 aromatic rings. The molecule has 6 heteroatoms. The SMILES string of the molecule is O=C(CNC(=O)c1ccc(CN2CCCCC2)cc1)Nc1ccccc1Br. The Kier molecular flexibility index (Phi) is 7.01. The minimum Gasteiger partial charge on any atom is -0.343 e. The Hall–Kier alpha value is -2.18. The maximum Gasteiger partial charge on any atom is 0.251 e. The summed E-state index contributed by atoms with van der Waals surface area (Å²) in [5.74, 6) is -0.515. The fraction of sp³-hybridized carbons (Fsp3) is 0.333. The molecule has 2 N–H and O–H groups in total. The molecule has 0 unspecified atom stereocenters. The average Bonchev–Trinajstić information content (AvgIpc) is 2.69. The van der Waals surface area contributed by atoms with E-state index in [4.69, 9.17) is 0 Å². The first kappa shape index (κ1) is 19.6. The zero-order valence-electron chi connectivity index (χ0n) is 15.2. The summed E-state index contributed by atoms with van der Waals surface area (Å²) in [7, 11) is 0. The number of nitrogens with one attached hydrogen (secondary N) is 2. The van der Waals surface area contributed by atoms with Gasteiger partial charge in [0.15, 0.2) is 0 Å². The molecule has 0 bridgehead atoms. The molecule has 1 aliphatic rings. The minimum atomic E-state index is -0.267. The van der Waals surface area contributed by atoms with Crippen molar-refractivity contribution in [1.29, 1.82) is 0 Å². The highest BCUT2D eigenvalue weighted by molar-refractivity contribution is 9.10. The summed E-state index contributed by atoms with van der Waals surface area (Å²) in [4.78, 5) is 26.7. The lowest BCUT2D eigenvalue weighted by Gasteiger charge is -2.26. The number of benzene rings is 2. The topological polar surface area (TPSA) is 61.4 Å². The molecule has 27 heavy (non-hydrogen) atoms. The molecule has 1 fully saturated rings. The second kappa shape index (κ2) is 9.67. The third kappa shape index (κ3) is 5.91. The summed E-state index contributed by atoms with van der Waals surface area (Å²) in [5, 5.41) is 5.43. The van der Waals surface area contributed by atoms with Gasteiger partial charge in [0.1, 0.15) is 0 Å². The lowest BCUT2D eigenvalue weighted by atomic mass is 10.1. The minimum absolute atomic E-state index is 0.0737. The maximum absolute atomic E-state index is 12.3. The van der Waals surface area contributed by atoms with Crippen LogP contribution >= 0.6 is 15.9 Å². The van der Waals surface area contributed by atoms with Crippen molar-refractivity contribution < 1.29 is 9.59 Å². The molecule has 0 atom stereocenters. The summed E-state index contributed by atoms with van der Waals surface area (Å²) in [6.45, 7) is 3.15. The highest BCUT2D eigenvalue weighted by atomic mass is 79.9. The number of likely N-dealkylation sites (tertiary alicyclic amines) is 1. The Bertz CT molecular complexity index is 786. The van der Waals surface area contributed by atoms with Crippen molar-refractivity contribution in [1.82, 2.24) is 10.2 Å². The van der Waals surface area contributed by atoms with Crippen molar-refractivity contribution >= 4 is 33.4 Å². The Morgan fingerprint density at radius 3 is 2.37 bits per heavy atom. The van der Waals surface area contributed by atoms with E-state index in [-0.39, 0.29) is 18.4 Å². The van der Waals surface area contributed by atoms with Crippen LogP contribution in [0.25, 0.3) is 0 Å². The van der Waals surface area contributed by atoms with E-state index >= 15 is 0 Å². The number of para-hydroxylation sites is 1. The molecule has 1 aliphatic heterocycles. The van der Waals surface area contributed by atoms with E-state index in [1.807, 2.05) is 42.5 Å². The van der Waals surface area contributed by atoms with Gasteiger partial charge >= 0.3 is 0 Å². The summed E-state index contributed by atoms with van der Waals surface area (Å²) < 4.78 is 0.800. The van der Waals surface area contributed by atoms with Gasteiger partial charge in [0.25, 0.3) is 5.91 Å². The molecule has 1 heterocycles. The van der Waals surface area contributed by atoms with Crippen molar-refractivity contribution in [2.45, 2.75) is 25.8 Å². The Morgan fingerprint density at radius 1 is 0.963 bits per heavy atom. The van der Waals surface area contributed by atoms with E-state index in [1.54, 1.807) is 6.07 Å². The summed E-state index contributed by atoms with van der Waals surface area (Å²) in [5.41, 5.74) is 2.45. The van der Waals surface area contributed by atoms with E-state index in [9.17, 15) is 9.59 Å². The van der Waals surface area contributed by atoms with Gasteiger partial charge in [-0.15, -0.1) is 0 Å². The first-order chi connectivity index (χ1) is 13.1. The molecule has 0 aromatic heterocycles. The molecular formula is C21H24BrN3O2. The van der Waals surface area contributed by atoms with Crippen LogP contribution in [0.5, 0.6) is 0 Å². The van der Waals surface area contributed by atoms with Gasteiger partial charge in [0.2, 0.25) is 5.91 Å². The van der Waals surface area contributed by atoms with Crippen LogP contribution in [-0.2, 0) is 11.3 Å². The van der Waals surface area contributed by atoms with Crippen molar-refractivity contribution in [3.05, 3.63) is 64.1 Å². The van der Waals surface area contributed by atoms with Crippen molar-refractivity contribution in [2.24, 2.45) is 0 Å². The summed E-state index contributed by atoms with van der Waals surface area (Å²) in [6, 6.07) is 15.0. The third-order valence-electron chi connectivity index (χ3n) is 4.63. The number of rotatable bonds is 6. The summed E-state index contributed by atoms with van der Waals surface area (Å²) in [6.07, 6.45) is 3.86. The fourth-order valence-electron chi connectivity index (χ4n) is 3.16. The number of halogens is 1. The second-order valence-electron chi connectivity index (χ2n) is 6.74. The van der Waals surface area contributed by atoms with Crippen molar-refractivity contribution in [3.8, 4) is 0 Å². The van der Waals surface area contributed by atoms with Gasteiger partial charge in [-0.1, -0.05) is 30.7 Å². The van der Waals surface area contributed by atoms with Crippen LogP contribution in [0.4, 0.5) is 5.69 Å². The molecule has 0 radical (unpaired) electrons. The van der Waals surface area contributed by atoms with Gasteiger partial charge in [0.05, 0.1) is 12.2 Å². The second-order valence-corrected chi connectivity index (χ2v) is 7.60. The quantitative estimate of drug-likeness (QED) is 0.733. The zero-order valence-corrected chi connectivity index (χ0v) is 16.8. The van der Waals surface area contributed by atoms with Crippen LogP contribution in [-0.4, -0.2) is 36.3 Å². The van der Waals surface area contributed by atoms with Gasteiger partial charge in [0, 0.05) is 16.6 Å². The van der Waals surface area contributed by atoms with E-state index in [2.05, 4.69) is 31.5 Å². The number of anilines is 1. The van der Waals surface area contributed by atoms with E-state index < -0.39 is 0 Å².